The average molecular weight is 292 g/mol. The van der Waals surface area contributed by atoms with Crippen molar-refractivity contribution in [2.24, 2.45) is 11.7 Å². The summed E-state index contributed by atoms with van der Waals surface area (Å²) in [7, 11) is 0. The number of H-pyrrole nitrogens is 1. The summed E-state index contributed by atoms with van der Waals surface area (Å²) >= 11 is 0. The molecule has 1 heterocycles. The van der Waals surface area contributed by atoms with Gasteiger partial charge < -0.3 is 21.6 Å². The van der Waals surface area contributed by atoms with Crippen molar-refractivity contribution in [3.63, 3.8) is 0 Å². The van der Waals surface area contributed by atoms with Gasteiger partial charge in [0.05, 0.1) is 21.7 Å². The lowest BCUT2D eigenvalue weighted by Gasteiger charge is -2.10. The number of aliphatic carboxylic acids is 1. The summed E-state index contributed by atoms with van der Waals surface area (Å²) in [6.45, 7) is 0.244. The highest BCUT2D eigenvalue weighted by Gasteiger charge is 2.23. The maximum absolute atomic E-state index is 11.2. The number of aromatic amines is 1. The van der Waals surface area contributed by atoms with E-state index in [2.05, 4.69) is 4.98 Å². The van der Waals surface area contributed by atoms with Crippen molar-refractivity contribution in [3.05, 3.63) is 34.0 Å². The number of nitrogen functional groups attached to an aromatic ring is 1. The van der Waals surface area contributed by atoms with Crippen LogP contribution in [0.2, 0.25) is 0 Å². The van der Waals surface area contributed by atoms with Crippen LogP contribution in [0.25, 0.3) is 10.9 Å². The standard InChI is InChI=1S/C13H16N4O4/c14-2-1-7(13(18)19)3-8-6-16-10-4-9(15)5-11(12(8)10)17(20)21/h4-7,16H,1-3,14-15H2,(H,18,19). The predicted octanol–water partition coefficient (Wildman–Crippen LogP) is 1.25. The Balaban J connectivity index is 2.50. The number of fused-ring (bicyclic) bond motifs is 1. The first kappa shape index (κ1) is 14.8. The Morgan fingerprint density at radius 1 is 1.48 bits per heavy atom. The number of nitro groups is 1. The molecule has 0 saturated carbocycles. The smallest absolute Gasteiger partial charge is 0.306 e. The molecule has 0 aliphatic carbocycles. The van der Waals surface area contributed by atoms with Crippen LogP contribution in [0.4, 0.5) is 11.4 Å². The normalized spacial score (nSPS) is 12.4. The van der Waals surface area contributed by atoms with Gasteiger partial charge in [-0.15, -0.1) is 0 Å². The number of nitrogens with one attached hydrogen (secondary N) is 1. The second-order valence-electron chi connectivity index (χ2n) is 4.85. The van der Waals surface area contributed by atoms with E-state index in [1.807, 2.05) is 0 Å². The summed E-state index contributed by atoms with van der Waals surface area (Å²) in [6, 6.07) is 2.86. The first-order valence-corrected chi connectivity index (χ1v) is 6.40. The number of nitro benzene ring substituents is 1. The zero-order valence-electron chi connectivity index (χ0n) is 11.2. The Hall–Kier alpha value is -2.61. The van der Waals surface area contributed by atoms with E-state index in [4.69, 9.17) is 11.5 Å². The molecule has 1 aromatic carbocycles. The van der Waals surface area contributed by atoms with Crippen LogP contribution in [0.1, 0.15) is 12.0 Å². The van der Waals surface area contributed by atoms with Gasteiger partial charge in [-0.3, -0.25) is 14.9 Å². The molecule has 0 saturated heterocycles. The zero-order chi connectivity index (χ0) is 15.6. The highest BCUT2D eigenvalue weighted by molar-refractivity contribution is 5.94. The summed E-state index contributed by atoms with van der Waals surface area (Å²) in [5.41, 5.74) is 12.3. The molecule has 0 amide bonds. The van der Waals surface area contributed by atoms with Gasteiger partial charge in [-0.2, -0.15) is 0 Å². The van der Waals surface area contributed by atoms with Crippen LogP contribution < -0.4 is 11.5 Å². The Morgan fingerprint density at radius 2 is 2.19 bits per heavy atom. The number of hydrogen-bond donors (Lipinski definition) is 4. The van der Waals surface area contributed by atoms with Crippen molar-refractivity contribution in [1.82, 2.24) is 4.98 Å². The summed E-state index contributed by atoms with van der Waals surface area (Å²) in [6.07, 6.45) is 2.08. The van der Waals surface area contributed by atoms with E-state index >= 15 is 0 Å². The van der Waals surface area contributed by atoms with Gasteiger partial charge in [0.2, 0.25) is 0 Å². The molecule has 0 aliphatic rings. The van der Waals surface area contributed by atoms with Gasteiger partial charge >= 0.3 is 5.97 Å². The molecule has 1 aromatic heterocycles. The first-order chi connectivity index (χ1) is 9.93. The van der Waals surface area contributed by atoms with Crippen LogP contribution in [0, 0.1) is 16.0 Å². The van der Waals surface area contributed by atoms with Crippen molar-refractivity contribution in [1.29, 1.82) is 0 Å². The van der Waals surface area contributed by atoms with Gasteiger partial charge in [-0.25, -0.2) is 0 Å². The van der Waals surface area contributed by atoms with Gasteiger partial charge in [-0.05, 0) is 31.0 Å². The number of rotatable bonds is 6. The van der Waals surface area contributed by atoms with Crippen molar-refractivity contribution < 1.29 is 14.8 Å². The monoisotopic (exact) mass is 292 g/mol. The topological polar surface area (TPSA) is 148 Å². The van der Waals surface area contributed by atoms with Gasteiger partial charge in [0.1, 0.15) is 0 Å². The van der Waals surface area contributed by atoms with Gasteiger partial charge in [0, 0.05) is 18.0 Å². The Kier molecular flexibility index (Phi) is 4.08. The third-order valence-corrected chi connectivity index (χ3v) is 3.39. The molecule has 0 aliphatic heterocycles. The van der Waals surface area contributed by atoms with E-state index in [1.54, 1.807) is 12.3 Å². The summed E-state index contributed by atoms with van der Waals surface area (Å²) in [5, 5.41) is 20.7. The number of nitrogens with zero attached hydrogens (tertiary/aromatic N) is 1. The third kappa shape index (κ3) is 2.95. The van der Waals surface area contributed by atoms with Crippen molar-refractivity contribution in [2.75, 3.05) is 12.3 Å². The molecule has 2 rings (SSSR count). The maximum Gasteiger partial charge on any atom is 0.306 e. The molecule has 1 atom stereocenters. The molecule has 0 spiro atoms. The molecule has 21 heavy (non-hydrogen) atoms. The second-order valence-corrected chi connectivity index (χ2v) is 4.85. The second kappa shape index (κ2) is 5.80. The molecule has 0 fully saturated rings. The van der Waals surface area contributed by atoms with E-state index in [9.17, 15) is 20.0 Å². The van der Waals surface area contributed by atoms with E-state index < -0.39 is 16.8 Å². The largest absolute Gasteiger partial charge is 0.481 e. The Labute approximate surface area is 119 Å². The van der Waals surface area contributed by atoms with Gasteiger partial charge in [0.25, 0.3) is 5.69 Å². The molecule has 112 valence electrons. The minimum atomic E-state index is -0.965. The van der Waals surface area contributed by atoms with E-state index in [1.165, 1.54) is 6.07 Å². The number of hydrogen-bond acceptors (Lipinski definition) is 5. The number of non-ortho nitro benzene ring substituents is 1. The summed E-state index contributed by atoms with van der Waals surface area (Å²) < 4.78 is 0. The quantitative estimate of drug-likeness (QED) is 0.357. The lowest BCUT2D eigenvalue weighted by molar-refractivity contribution is -0.383. The highest BCUT2D eigenvalue weighted by atomic mass is 16.6. The number of carbonyl (C=O) groups is 1. The molecule has 2 aromatic rings. The fraction of sp³-hybridized carbons (Fsp3) is 0.308. The number of aromatic nitrogens is 1. The van der Waals surface area contributed by atoms with Crippen LogP contribution in [0.3, 0.4) is 0 Å². The molecular weight excluding hydrogens is 276 g/mol. The lowest BCUT2D eigenvalue weighted by Crippen LogP contribution is -2.20. The van der Waals surface area contributed by atoms with Crippen molar-refractivity contribution in [2.45, 2.75) is 12.8 Å². The zero-order valence-corrected chi connectivity index (χ0v) is 11.2. The fourth-order valence-corrected chi connectivity index (χ4v) is 2.42. The lowest BCUT2D eigenvalue weighted by atomic mass is 9.95. The third-order valence-electron chi connectivity index (χ3n) is 3.39. The van der Waals surface area contributed by atoms with E-state index in [-0.39, 0.29) is 24.3 Å². The van der Waals surface area contributed by atoms with Crippen LogP contribution in [0.5, 0.6) is 0 Å². The van der Waals surface area contributed by atoms with Crippen molar-refractivity contribution in [3.8, 4) is 0 Å². The number of carboxylic acid groups (broad SMARTS) is 1. The van der Waals surface area contributed by atoms with Crippen LogP contribution in [-0.2, 0) is 11.2 Å². The maximum atomic E-state index is 11.2. The average Bonchev–Trinajstić information content (AvgIpc) is 2.79. The molecule has 6 N–H and O–H groups in total. The molecule has 1 unspecified atom stereocenters. The number of anilines is 1. The number of nitrogens with two attached hydrogens (primary N) is 2. The number of benzene rings is 1. The number of carboxylic acids is 1. The summed E-state index contributed by atoms with van der Waals surface area (Å²) in [5.74, 6) is -1.64. The molecule has 8 heteroatoms. The Bertz CT molecular complexity index is 695. The van der Waals surface area contributed by atoms with Gasteiger partial charge in [0.15, 0.2) is 0 Å². The first-order valence-electron chi connectivity index (χ1n) is 6.40. The van der Waals surface area contributed by atoms with Gasteiger partial charge in [-0.1, -0.05) is 0 Å². The van der Waals surface area contributed by atoms with Crippen molar-refractivity contribution >= 4 is 28.2 Å². The fourth-order valence-electron chi connectivity index (χ4n) is 2.42. The van der Waals surface area contributed by atoms with Crippen LogP contribution in [-0.4, -0.2) is 27.5 Å². The molecule has 0 bridgehead atoms. The minimum absolute atomic E-state index is 0.127. The van der Waals surface area contributed by atoms with Crippen LogP contribution >= 0.6 is 0 Å². The van der Waals surface area contributed by atoms with E-state index in [0.29, 0.717) is 22.9 Å². The minimum Gasteiger partial charge on any atom is -0.481 e. The SMILES string of the molecule is NCCC(Cc1c[nH]c2cc(N)cc([N+](=O)[O-])c12)C(=O)O. The molecule has 0 radical (unpaired) electrons. The highest BCUT2D eigenvalue weighted by Crippen LogP contribution is 2.32. The predicted molar refractivity (Wildman–Crippen MR) is 77.9 cm³/mol. The molecular formula is C13H16N4O4. The van der Waals surface area contributed by atoms with Crippen LogP contribution in [0.15, 0.2) is 18.3 Å². The Morgan fingerprint density at radius 3 is 2.76 bits per heavy atom. The molecule has 8 nitrogen and oxygen atoms in total. The summed E-state index contributed by atoms with van der Waals surface area (Å²) in [4.78, 5) is 24.8. The van der Waals surface area contributed by atoms with E-state index in [0.717, 1.165) is 0 Å².